The Morgan fingerprint density at radius 3 is 2.55 bits per heavy atom. The van der Waals surface area contributed by atoms with Crippen molar-refractivity contribution < 1.29 is 9.47 Å². The number of methoxy groups -OCH3 is 1. The molecule has 3 heterocycles. The lowest BCUT2D eigenvalue weighted by Crippen LogP contribution is -2.37. The molecule has 0 aliphatic carbocycles. The molecule has 29 heavy (non-hydrogen) atoms. The van der Waals surface area contributed by atoms with E-state index >= 15 is 0 Å². The Balaban J connectivity index is 0.00000240. The van der Waals surface area contributed by atoms with Crippen molar-refractivity contribution in [3.05, 3.63) is 54.2 Å². The molecular weight excluding hydrogens is 390 g/mol. The van der Waals surface area contributed by atoms with Gasteiger partial charge in [-0.3, -0.25) is 0 Å². The number of imidazole rings is 1. The van der Waals surface area contributed by atoms with Crippen LogP contribution in [0.25, 0.3) is 11.3 Å². The predicted octanol–water partition coefficient (Wildman–Crippen LogP) is 3.16. The summed E-state index contributed by atoms with van der Waals surface area (Å²) in [4.78, 5) is 15.6. The average molecular weight is 416 g/mol. The molecule has 1 fully saturated rings. The van der Waals surface area contributed by atoms with Crippen molar-refractivity contribution in [2.24, 2.45) is 0 Å². The van der Waals surface area contributed by atoms with Crippen molar-refractivity contribution in [1.29, 1.82) is 0 Å². The van der Waals surface area contributed by atoms with Crippen LogP contribution in [0, 0.1) is 6.92 Å². The van der Waals surface area contributed by atoms with E-state index < -0.39 is 0 Å². The number of hydrogen-bond acceptors (Lipinski definition) is 6. The second kappa shape index (κ2) is 9.71. The van der Waals surface area contributed by atoms with E-state index in [1.54, 1.807) is 7.11 Å². The standard InChI is InChI=1S/C21H25N5O2.ClH/c1-16-11-17(3-4-20(16)27-2)5-6-26-15-22-14-19(26)18-12-23-21(24-13-18)25-7-9-28-10-8-25;/h3-4,11-15H,5-10H2,1-2H3;1H. The van der Waals surface area contributed by atoms with E-state index in [0.717, 1.165) is 67.8 Å². The lowest BCUT2D eigenvalue weighted by molar-refractivity contribution is 0.122. The van der Waals surface area contributed by atoms with Gasteiger partial charge < -0.3 is 18.9 Å². The van der Waals surface area contributed by atoms with Gasteiger partial charge in [-0.25, -0.2) is 15.0 Å². The van der Waals surface area contributed by atoms with Crippen LogP contribution in [0.5, 0.6) is 5.75 Å². The monoisotopic (exact) mass is 415 g/mol. The number of aryl methyl sites for hydroxylation is 3. The first-order chi connectivity index (χ1) is 13.7. The van der Waals surface area contributed by atoms with Gasteiger partial charge in [0.25, 0.3) is 0 Å². The Kier molecular flexibility index (Phi) is 7.06. The van der Waals surface area contributed by atoms with Crippen LogP contribution in [0.2, 0.25) is 0 Å². The molecule has 3 aromatic rings. The minimum atomic E-state index is 0. The fourth-order valence-corrected chi connectivity index (χ4v) is 3.47. The second-order valence-corrected chi connectivity index (χ2v) is 6.90. The number of rotatable bonds is 6. The maximum atomic E-state index is 5.39. The Morgan fingerprint density at radius 2 is 1.86 bits per heavy atom. The number of aromatic nitrogens is 4. The van der Waals surface area contributed by atoms with E-state index in [-0.39, 0.29) is 12.4 Å². The topological polar surface area (TPSA) is 65.3 Å². The van der Waals surface area contributed by atoms with Crippen LogP contribution >= 0.6 is 12.4 Å². The van der Waals surface area contributed by atoms with Crippen LogP contribution < -0.4 is 9.64 Å². The highest BCUT2D eigenvalue weighted by Crippen LogP contribution is 2.22. The first-order valence-corrected chi connectivity index (χ1v) is 9.53. The summed E-state index contributed by atoms with van der Waals surface area (Å²) >= 11 is 0. The maximum Gasteiger partial charge on any atom is 0.225 e. The number of nitrogens with zero attached hydrogens (tertiary/aromatic N) is 5. The van der Waals surface area contributed by atoms with Crippen molar-refractivity contribution >= 4 is 18.4 Å². The van der Waals surface area contributed by atoms with E-state index in [1.807, 2.05) is 31.0 Å². The molecule has 1 aliphatic heterocycles. The maximum absolute atomic E-state index is 5.39. The smallest absolute Gasteiger partial charge is 0.225 e. The second-order valence-electron chi connectivity index (χ2n) is 6.90. The Hall–Kier alpha value is -2.64. The molecule has 8 heteroatoms. The molecule has 0 unspecified atom stereocenters. The fourth-order valence-electron chi connectivity index (χ4n) is 3.47. The van der Waals surface area contributed by atoms with Crippen LogP contribution in [0.3, 0.4) is 0 Å². The number of halogens is 1. The summed E-state index contributed by atoms with van der Waals surface area (Å²) in [6.07, 6.45) is 8.40. The summed E-state index contributed by atoms with van der Waals surface area (Å²) in [7, 11) is 1.70. The zero-order valence-corrected chi connectivity index (χ0v) is 17.6. The van der Waals surface area contributed by atoms with Crippen molar-refractivity contribution in [3.63, 3.8) is 0 Å². The third-order valence-corrected chi connectivity index (χ3v) is 5.04. The normalized spacial score (nSPS) is 13.8. The SMILES string of the molecule is COc1ccc(CCn2cncc2-c2cnc(N3CCOCC3)nc2)cc1C.Cl. The number of benzene rings is 1. The number of hydrogen-bond donors (Lipinski definition) is 0. The van der Waals surface area contributed by atoms with Crippen molar-refractivity contribution in [2.75, 3.05) is 38.3 Å². The molecule has 1 saturated heterocycles. The van der Waals surface area contributed by atoms with Crippen LogP contribution in [0.15, 0.2) is 43.1 Å². The molecule has 0 radical (unpaired) electrons. The van der Waals surface area contributed by atoms with E-state index in [9.17, 15) is 0 Å². The van der Waals surface area contributed by atoms with Crippen molar-refractivity contribution in [1.82, 2.24) is 19.5 Å². The van der Waals surface area contributed by atoms with Gasteiger partial charge in [-0.2, -0.15) is 0 Å². The zero-order valence-electron chi connectivity index (χ0n) is 16.7. The molecule has 0 amide bonds. The first kappa shape index (κ1) is 21.1. The van der Waals surface area contributed by atoms with E-state index in [1.165, 1.54) is 5.56 Å². The summed E-state index contributed by atoms with van der Waals surface area (Å²) in [6, 6.07) is 6.32. The Bertz CT molecular complexity index is 923. The molecule has 4 rings (SSSR count). The van der Waals surface area contributed by atoms with Gasteiger partial charge >= 0.3 is 0 Å². The Labute approximate surface area is 177 Å². The zero-order chi connectivity index (χ0) is 19.3. The highest BCUT2D eigenvalue weighted by atomic mass is 35.5. The third kappa shape index (κ3) is 4.86. The number of anilines is 1. The molecule has 0 spiro atoms. The van der Waals surface area contributed by atoms with Crippen LogP contribution in [-0.4, -0.2) is 52.9 Å². The van der Waals surface area contributed by atoms with Gasteiger partial charge in [0.05, 0.1) is 38.5 Å². The molecule has 0 saturated carbocycles. The molecule has 7 nitrogen and oxygen atoms in total. The molecule has 0 atom stereocenters. The van der Waals surface area contributed by atoms with Crippen LogP contribution in [0.1, 0.15) is 11.1 Å². The number of morpholine rings is 1. The van der Waals surface area contributed by atoms with Gasteiger partial charge in [0.15, 0.2) is 0 Å². The van der Waals surface area contributed by atoms with Crippen LogP contribution in [-0.2, 0) is 17.7 Å². The average Bonchev–Trinajstić information content (AvgIpc) is 3.22. The fraction of sp³-hybridized carbons (Fsp3) is 0.381. The first-order valence-electron chi connectivity index (χ1n) is 9.53. The van der Waals surface area contributed by atoms with Crippen molar-refractivity contribution in [3.8, 4) is 17.0 Å². The Morgan fingerprint density at radius 1 is 1.10 bits per heavy atom. The molecular formula is C21H26ClN5O2. The van der Waals surface area contributed by atoms with Crippen LogP contribution in [0.4, 0.5) is 5.95 Å². The number of ether oxygens (including phenoxy) is 2. The molecule has 154 valence electrons. The van der Waals surface area contributed by atoms with Gasteiger partial charge in [0.2, 0.25) is 5.95 Å². The van der Waals surface area contributed by atoms with E-state index in [2.05, 4.69) is 43.5 Å². The van der Waals surface area contributed by atoms with Gasteiger partial charge in [0.1, 0.15) is 5.75 Å². The molecule has 2 aromatic heterocycles. The van der Waals surface area contributed by atoms with Gasteiger partial charge in [-0.05, 0) is 30.5 Å². The summed E-state index contributed by atoms with van der Waals surface area (Å²) in [5, 5.41) is 0. The highest BCUT2D eigenvalue weighted by Gasteiger charge is 2.14. The highest BCUT2D eigenvalue weighted by molar-refractivity contribution is 5.85. The molecule has 1 aliphatic rings. The minimum Gasteiger partial charge on any atom is -0.496 e. The lowest BCUT2D eigenvalue weighted by Gasteiger charge is -2.26. The largest absolute Gasteiger partial charge is 0.496 e. The summed E-state index contributed by atoms with van der Waals surface area (Å²) in [5.41, 5.74) is 4.43. The van der Waals surface area contributed by atoms with E-state index in [0.29, 0.717) is 0 Å². The summed E-state index contributed by atoms with van der Waals surface area (Å²) in [5.74, 6) is 1.68. The van der Waals surface area contributed by atoms with Gasteiger partial charge in [0, 0.05) is 37.6 Å². The lowest BCUT2D eigenvalue weighted by atomic mass is 10.1. The van der Waals surface area contributed by atoms with Gasteiger partial charge in [-0.15, -0.1) is 12.4 Å². The van der Waals surface area contributed by atoms with Crippen molar-refractivity contribution in [2.45, 2.75) is 19.9 Å². The predicted molar refractivity (Wildman–Crippen MR) is 115 cm³/mol. The van der Waals surface area contributed by atoms with E-state index in [4.69, 9.17) is 9.47 Å². The quantitative estimate of drug-likeness (QED) is 0.616. The molecule has 0 N–H and O–H groups in total. The summed E-state index contributed by atoms with van der Waals surface area (Å²) < 4.78 is 12.9. The molecule has 1 aromatic carbocycles. The third-order valence-electron chi connectivity index (χ3n) is 5.04. The molecule has 0 bridgehead atoms. The minimum absolute atomic E-state index is 0. The van der Waals surface area contributed by atoms with Gasteiger partial charge in [-0.1, -0.05) is 12.1 Å². The summed E-state index contributed by atoms with van der Waals surface area (Å²) in [6.45, 7) is 6.02.